The molecule has 0 fully saturated rings. The van der Waals surface area contributed by atoms with Crippen LogP contribution < -0.4 is 10.6 Å². The van der Waals surface area contributed by atoms with Crippen molar-refractivity contribution in [2.24, 2.45) is 0 Å². The summed E-state index contributed by atoms with van der Waals surface area (Å²) < 4.78 is 20.2. The van der Waals surface area contributed by atoms with Gasteiger partial charge in [0.1, 0.15) is 32.2 Å². The van der Waals surface area contributed by atoms with Crippen LogP contribution in [0.3, 0.4) is 0 Å². The molecule has 0 unspecified atom stereocenters. The molecule has 0 aromatic heterocycles. The van der Waals surface area contributed by atoms with E-state index in [1.54, 1.807) is 31.2 Å². The van der Waals surface area contributed by atoms with E-state index >= 15 is 0 Å². The zero-order chi connectivity index (χ0) is 27.2. The molecule has 2 aromatic rings. The Bertz CT molecular complexity index is 1030. The molecule has 2 aromatic carbocycles. The molecule has 196 valence electrons. The number of anilines is 2. The number of nitrogens with one attached hydrogen (secondary N) is 2. The first kappa shape index (κ1) is 28.7. The highest BCUT2D eigenvalue weighted by Crippen LogP contribution is 2.16. The van der Waals surface area contributed by atoms with Gasteiger partial charge in [-0.25, -0.2) is 14.4 Å². The van der Waals surface area contributed by atoms with Crippen molar-refractivity contribution in [1.29, 1.82) is 0 Å². The highest BCUT2D eigenvalue weighted by atomic mass is 16.6. The molecule has 0 spiro atoms. The van der Waals surface area contributed by atoms with Gasteiger partial charge >= 0.3 is 18.2 Å². The minimum Gasteiger partial charge on any atom is -0.490 e. The Hall–Kier alpha value is -4.53. The minimum absolute atomic E-state index is 0.0468. The highest BCUT2D eigenvalue weighted by molar-refractivity contribution is 5.87. The van der Waals surface area contributed by atoms with Gasteiger partial charge in [0.2, 0.25) is 0 Å². The number of esters is 1. The van der Waals surface area contributed by atoms with Crippen molar-refractivity contribution in [3.63, 3.8) is 0 Å². The third kappa shape index (κ3) is 11.2. The molecule has 2 amide bonds. The number of hydrogen-bond acceptors (Lipinski definition) is 7. The molecule has 0 atom stereocenters. The summed E-state index contributed by atoms with van der Waals surface area (Å²) in [5.41, 5.74) is 4.24. The maximum Gasteiger partial charge on any atom is 0.411 e. The fourth-order valence-corrected chi connectivity index (χ4v) is 2.77. The summed E-state index contributed by atoms with van der Waals surface area (Å²) in [6.07, 6.45) is -0.564. The molecule has 0 bridgehead atoms. The first-order valence-corrected chi connectivity index (χ1v) is 11.5. The van der Waals surface area contributed by atoms with Crippen LogP contribution in [0.2, 0.25) is 0 Å². The van der Waals surface area contributed by atoms with Crippen LogP contribution in [0, 0.1) is 0 Å². The van der Waals surface area contributed by atoms with Gasteiger partial charge in [0.05, 0.1) is 0 Å². The third-order valence-corrected chi connectivity index (χ3v) is 4.78. The predicted molar refractivity (Wildman–Crippen MR) is 141 cm³/mol. The third-order valence-electron chi connectivity index (χ3n) is 4.78. The van der Waals surface area contributed by atoms with Crippen LogP contribution in [-0.2, 0) is 30.2 Å². The fourth-order valence-electron chi connectivity index (χ4n) is 2.77. The summed E-state index contributed by atoms with van der Waals surface area (Å²) in [5.74, 6) is -0.0694. The van der Waals surface area contributed by atoms with Crippen molar-refractivity contribution >= 4 is 29.5 Å². The lowest BCUT2D eigenvalue weighted by atomic mass is 10.0. The van der Waals surface area contributed by atoms with E-state index in [1.807, 2.05) is 24.3 Å². The van der Waals surface area contributed by atoms with Gasteiger partial charge < -0.3 is 18.9 Å². The van der Waals surface area contributed by atoms with Crippen molar-refractivity contribution in [2.45, 2.75) is 20.3 Å². The van der Waals surface area contributed by atoms with E-state index in [2.05, 4.69) is 30.4 Å². The number of allylic oxidation sites excluding steroid dienone is 1. The Balaban J connectivity index is 1.71. The van der Waals surface area contributed by atoms with Gasteiger partial charge in [-0.2, -0.15) is 0 Å². The molecular weight excluding hydrogens is 476 g/mol. The van der Waals surface area contributed by atoms with Gasteiger partial charge in [-0.05, 0) is 61.2 Å². The Kier molecular flexibility index (Phi) is 11.5. The number of amides is 2. The SMILES string of the molecule is C=C(C)C(=C)OCCOC(=O)Nc1ccc(Cc2ccc(NC(=O)OCCOC(=O)C(=C)C)cc2)cc1. The maximum absolute atomic E-state index is 11.9. The quantitative estimate of drug-likeness (QED) is 0.0904. The van der Waals surface area contributed by atoms with Crippen molar-refractivity contribution in [3.05, 3.63) is 96.3 Å². The van der Waals surface area contributed by atoms with E-state index in [0.717, 1.165) is 11.1 Å². The van der Waals surface area contributed by atoms with Crippen LogP contribution in [0.1, 0.15) is 25.0 Å². The lowest BCUT2D eigenvalue weighted by Crippen LogP contribution is -2.18. The maximum atomic E-state index is 11.9. The molecule has 0 saturated heterocycles. The summed E-state index contributed by atoms with van der Waals surface area (Å²) in [7, 11) is 0. The lowest BCUT2D eigenvalue weighted by molar-refractivity contribution is -0.139. The van der Waals surface area contributed by atoms with Gasteiger partial charge in [0.15, 0.2) is 0 Å². The van der Waals surface area contributed by atoms with Crippen molar-refractivity contribution in [2.75, 3.05) is 37.1 Å². The van der Waals surface area contributed by atoms with Gasteiger partial charge in [-0.15, -0.1) is 0 Å². The molecule has 9 nitrogen and oxygen atoms in total. The van der Waals surface area contributed by atoms with Crippen LogP contribution in [0.5, 0.6) is 0 Å². The van der Waals surface area contributed by atoms with E-state index in [1.165, 1.54) is 6.92 Å². The minimum atomic E-state index is -0.648. The number of benzene rings is 2. The topological polar surface area (TPSA) is 112 Å². The van der Waals surface area contributed by atoms with Crippen LogP contribution in [0.15, 0.2) is 85.2 Å². The molecule has 2 N–H and O–H groups in total. The molecule has 0 heterocycles. The monoisotopic (exact) mass is 508 g/mol. The molecule has 0 radical (unpaired) electrons. The first-order valence-electron chi connectivity index (χ1n) is 11.5. The van der Waals surface area contributed by atoms with Crippen LogP contribution >= 0.6 is 0 Å². The fraction of sp³-hybridized carbons (Fsp3) is 0.250. The van der Waals surface area contributed by atoms with Crippen molar-refractivity contribution in [3.8, 4) is 0 Å². The molecular formula is C28H32N2O7. The lowest BCUT2D eigenvalue weighted by Gasteiger charge is -2.10. The van der Waals surface area contributed by atoms with Crippen molar-refractivity contribution in [1.82, 2.24) is 0 Å². The Morgan fingerprint density at radius 2 is 1.03 bits per heavy atom. The smallest absolute Gasteiger partial charge is 0.411 e. The van der Waals surface area contributed by atoms with E-state index in [0.29, 0.717) is 29.1 Å². The standard InChI is InChI=1S/C28H32N2O7/c1-19(2)21(5)34-14-16-36-27(32)29-24-10-6-22(7-11-24)18-23-8-12-25(13-9-23)30-28(33)37-17-15-35-26(31)20(3)4/h6-13H,1,3,5,14-18H2,2,4H3,(H,29,32)(H,30,33). The number of rotatable bonds is 13. The number of ether oxygens (including phenoxy) is 4. The van der Waals surface area contributed by atoms with Gasteiger partial charge in [-0.3, -0.25) is 10.6 Å². The van der Waals surface area contributed by atoms with Crippen LogP contribution in [-0.4, -0.2) is 44.6 Å². The largest absolute Gasteiger partial charge is 0.490 e. The normalized spacial score (nSPS) is 10.0. The molecule has 0 aliphatic heterocycles. The van der Waals surface area contributed by atoms with E-state index in [-0.39, 0.29) is 32.0 Å². The average Bonchev–Trinajstić information content (AvgIpc) is 2.86. The number of carbonyl (C=O) groups excluding carboxylic acids is 3. The summed E-state index contributed by atoms with van der Waals surface area (Å²) in [4.78, 5) is 35.0. The second kappa shape index (κ2) is 14.8. The van der Waals surface area contributed by atoms with Gasteiger partial charge in [0, 0.05) is 16.9 Å². The summed E-state index contributed by atoms with van der Waals surface area (Å²) in [6.45, 7) is 14.4. The number of hydrogen-bond donors (Lipinski definition) is 2. The van der Waals surface area contributed by atoms with Gasteiger partial charge in [-0.1, -0.05) is 44.0 Å². The van der Waals surface area contributed by atoms with Crippen LogP contribution in [0.25, 0.3) is 0 Å². The molecule has 0 aliphatic rings. The average molecular weight is 509 g/mol. The Labute approximate surface area is 216 Å². The summed E-state index contributed by atoms with van der Waals surface area (Å²) >= 11 is 0. The van der Waals surface area contributed by atoms with E-state index in [4.69, 9.17) is 18.9 Å². The van der Waals surface area contributed by atoms with Crippen molar-refractivity contribution < 1.29 is 33.3 Å². The zero-order valence-corrected chi connectivity index (χ0v) is 21.1. The second-order valence-electron chi connectivity index (χ2n) is 8.06. The second-order valence-corrected chi connectivity index (χ2v) is 8.06. The van der Waals surface area contributed by atoms with E-state index in [9.17, 15) is 14.4 Å². The molecule has 9 heteroatoms. The molecule has 2 rings (SSSR count). The molecule has 0 aliphatic carbocycles. The molecule has 0 saturated carbocycles. The Morgan fingerprint density at radius 3 is 1.43 bits per heavy atom. The van der Waals surface area contributed by atoms with Gasteiger partial charge in [0.25, 0.3) is 0 Å². The molecule has 37 heavy (non-hydrogen) atoms. The summed E-state index contributed by atoms with van der Waals surface area (Å²) in [6, 6.07) is 14.7. The number of carbonyl (C=O) groups is 3. The van der Waals surface area contributed by atoms with E-state index < -0.39 is 18.2 Å². The first-order chi connectivity index (χ1) is 17.6. The highest BCUT2D eigenvalue weighted by Gasteiger charge is 2.07. The van der Waals surface area contributed by atoms with Crippen LogP contribution in [0.4, 0.5) is 21.0 Å². The summed E-state index contributed by atoms with van der Waals surface area (Å²) in [5, 5.41) is 5.27. The Morgan fingerprint density at radius 1 is 0.622 bits per heavy atom. The zero-order valence-electron chi connectivity index (χ0n) is 21.1. The predicted octanol–water partition coefficient (Wildman–Crippen LogP) is 5.60.